The van der Waals surface area contributed by atoms with Crippen molar-refractivity contribution >= 4 is 39.7 Å². The number of nitrogens with zero attached hydrogens (tertiary/aromatic N) is 3. The van der Waals surface area contributed by atoms with E-state index in [0.717, 1.165) is 55.8 Å². The standard InChI is InChI=1S/C21H27BrClN3O/c1-3-16-4-5-17-14-18(23)6-7-19(17)21(20(16)24-9-8-22)26-12-10-25(11-13-26)15(2)27/h6-7,9,14,21H,3-5,8,10-13H2,1-2H3. The van der Waals surface area contributed by atoms with Crippen LogP contribution in [-0.2, 0) is 11.2 Å². The molecule has 3 rings (SSSR count). The number of halogens is 2. The molecule has 0 N–H and O–H groups in total. The van der Waals surface area contributed by atoms with E-state index in [1.165, 1.54) is 22.4 Å². The highest BCUT2D eigenvalue weighted by molar-refractivity contribution is 9.09. The summed E-state index contributed by atoms with van der Waals surface area (Å²) in [4.78, 5) is 21.0. The molecule has 1 aliphatic heterocycles. The molecule has 1 heterocycles. The number of allylic oxidation sites excluding steroid dienone is 1. The number of hydrogen-bond donors (Lipinski definition) is 0. The molecule has 1 aromatic rings. The monoisotopic (exact) mass is 451 g/mol. The molecule has 2 aliphatic rings. The third-order valence-electron chi connectivity index (χ3n) is 5.57. The molecule has 1 aliphatic carbocycles. The third-order valence-corrected chi connectivity index (χ3v) is 6.09. The van der Waals surface area contributed by atoms with Gasteiger partial charge in [-0.15, -0.1) is 0 Å². The Kier molecular flexibility index (Phi) is 7.12. The first-order valence-corrected chi connectivity index (χ1v) is 11.1. The van der Waals surface area contributed by atoms with Gasteiger partial charge in [0.2, 0.25) is 5.91 Å². The van der Waals surface area contributed by atoms with Gasteiger partial charge in [-0.25, -0.2) is 0 Å². The van der Waals surface area contributed by atoms with E-state index < -0.39 is 0 Å². The van der Waals surface area contributed by atoms with Crippen molar-refractivity contribution in [3.8, 4) is 0 Å². The molecule has 0 spiro atoms. The fourth-order valence-electron chi connectivity index (χ4n) is 4.13. The Labute approximate surface area is 175 Å². The van der Waals surface area contributed by atoms with E-state index in [1.54, 1.807) is 6.92 Å². The highest BCUT2D eigenvalue weighted by Crippen LogP contribution is 2.40. The van der Waals surface area contributed by atoms with Crippen LogP contribution in [0.3, 0.4) is 0 Å². The van der Waals surface area contributed by atoms with Gasteiger partial charge >= 0.3 is 0 Å². The van der Waals surface area contributed by atoms with Crippen molar-refractivity contribution in [1.29, 1.82) is 0 Å². The number of hydrogen-bond acceptors (Lipinski definition) is 3. The van der Waals surface area contributed by atoms with Gasteiger partial charge < -0.3 is 4.90 Å². The van der Waals surface area contributed by atoms with Gasteiger partial charge in [-0.3, -0.25) is 14.7 Å². The second kappa shape index (κ2) is 9.35. The van der Waals surface area contributed by atoms with Crippen molar-refractivity contribution in [2.45, 2.75) is 39.2 Å². The maximum Gasteiger partial charge on any atom is 0.219 e. The summed E-state index contributed by atoms with van der Waals surface area (Å²) in [6, 6.07) is 6.39. The van der Waals surface area contributed by atoms with Crippen molar-refractivity contribution in [3.05, 3.63) is 45.6 Å². The lowest BCUT2D eigenvalue weighted by molar-refractivity contribution is -0.130. The highest BCUT2D eigenvalue weighted by Gasteiger charge is 2.32. The van der Waals surface area contributed by atoms with Gasteiger partial charge in [0.15, 0.2) is 0 Å². The van der Waals surface area contributed by atoms with Crippen molar-refractivity contribution in [2.24, 2.45) is 4.99 Å². The van der Waals surface area contributed by atoms with Gasteiger partial charge in [-0.2, -0.15) is 0 Å². The van der Waals surface area contributed by atoms with Crippen LogP contribution >= 0.6 is 27.5 Å². The normalized spacial score (nSPS) is 21.5. The summed E-state index contributed by atoms with van der Waals surface area (Å²) in [6.45, 7) is 7.12. The molecule has 1 atom stereocenters. The number of rotatable bonds is 4. The van der Waals surface area contributed by atoms with Crippen molar-refractivity contribution in [1.82, 2.24) is 9.80 Å². The van der Waals surface area contributed by atoms with E-state index in [2.05, 4.69) is 39.9 Å². The minimum absolute atomic E-state index is 0.124. The Balaban J connectivity index is 2.03. The first-order chi connectivity index (χ1) is 13.0. The quantitative estimate of drug-likeness (QED) is 0.493. The topological polar surface area (TPSA) is 35.9 Å². The summed E-state index contributed by atoms with van der Waals surface area (Å²) >= 11 is 9.77. The fourth-order valence-corrected chi connectivity index (χ4v) is 4.47. The molecule has 1 aromatic carbocycles. The van der Waals surface area contributed by atoms with E-state index in [1.807, 2.05) is 17.2 Å². The van der Waals surface area contributed by atoms with Gasteiger partial charge in [-0.05, 0) is 48.1 Å². The number of aryl methyl sites for hydroxylation is 1. The smallest absolute Gasteiger partial charge is 0.219 e. The summed E-state index contributed by atoms with van der Waals surface area (Å²) < 4.78 is 0. The third kappa shape index (κ3) is 4.64. The summed E-state index contributed by atoms with van der Waals surface area (Å²) in [6.07, 6.45) is 4.96. The molecular formula is C21H27BrClN3O. The molecule has 1 amide bonds. The van der Waals surface area contributed by atoms with Crippen LogP contribution in [0.4, 0.5) is 0 Å². The van der Waals surface area contributed by atoms with Crippen LogP contribution in [0.2, 0.25) is 5.02 Å². The Morgan fingerprint density at radius 1 is 1.30 bits per heavy atom. The second-order valence-corrected chi connectivity index (χ2v) is 8.18. The summed E-state index contributed by atoms with van der Waals surface area (Å²) in [5.74, 6) is 0.157. The Bertz CT molecular complexity index is 754. The number of benzene rings is 1. The van der Waals surface area contributed by atoms with Gasteiger partial charge in [-0.1, -0.05) is 40.5 Å². The predicted molar refractivity (Wildman–Crippen MR) is 116 cm³/mol. The van der Waals surface area contributed by atoms with Crippen LogP contribution in [-0.4, -0.2) is 53.4 Å². The predicted octanol–water partition coefficient (Wildman–Crippen LogP) is 4.62. The second-order valence-electron chi connectivity index (χ2n) is 7.10. The number of aliphatic imine (C=N–C) groups is 1. The first-order valence-electron chi connectivity index (χ1n) is 9.63. The molecule has 146 valence electrons. The van der Waals surface area contributed by atoms with Crippen LogP contribution in [0, 0.1) is 0 Å². The molecule has 1 saturated heterocycles. The van der Waals surface area contributed by atoms with Crippen molar-refractivity contribution < 1.29 is 4.79 Å². The molecule has 0 bridgehead atoms. The number of amides is 1. The number of carbonyl (C=O) groups excluding carboxylic acids is 1. The van der Waals surface area contributed by atoms with Crippen molar-refractivity contribution in [2.75, 3.05) is 31.5 Å². The lowest BCUT2D eigenvalue weighted by Gasteiger charge is -2.40. The lowest BCUT2D eigenvalue weighted by atomic mass is 9.96. The minimum Gasteiger partial charge on any atom is -0.340 e. The Morgan fingerprint density at radius 3 is 2.67 bits per heavy atom. The van der Waals surface area contributed by atoms with E-state index >= 15 is 0 Å². The van der Waals surface area contributed by atoms with Crippen LogP contribution in [0.5, 0.6) is 0 Å². The van der Waals surface area contributed by atoms with E-state index in [-0.39, 0.29) is 11.9 Å². The zero-order valence-corrected chi connectivity index (χ0v) is 18.4. The molecule has 1 fully saturated rings. The summed E-state index contributed by atoms with van der Waals surface area (Å²) in [5, 5.41) is 1.53. The van der Waals surface area contributed by atoms with Crippen molar-refractivity contribution in [3.63, 3.8) is 0 Å². The molecule has 27 heavy (non-hydrogen) atoms. The number of alkyl halides is 1. The van der Waals surface area contributed by atoms with Crippen LogP contribution in [0.1, 0.15) is 43.9 Å². The average Bonchev–Trinajstić information content (AvgIpc) is 2.82. The van der Waals surface area contributed by atoms with Gasteiger partial charge in [0.1, 0.15) is 0 Å². The van der Waals surface area contributed by atoms with Crippen LogP contribution < -0.4 is 0 Å². The Morgan fingerprint density at radius 2 is 2.04 bits per heavy atom. The molecule has 0 aromatic heterocycles. The van der Waals surface area contributed by atoms with Gasteiger partial charge in [0.05, 0.1) is 11.7 Å². The minimum atomic E-state index is 0.124. The lowest BCUT2D eigenvalue weighted by Crippen LogP contribution is -2.49. The number of carbonyl (C=O) groups is 1. The fraction of sp³-hybridized carbons (Fsp3) is 0.524. The maximum atomic E-state index is 11.7. The zero-order chi connectivity index (χ0) is 19.4. The van der Waals surface area contributed by atoms with E-state index in [0.29, 0.717) is 0 Å². The highest BCUT2D eigenvalue weighted by atomic mass is 79.9. The average molecular weight is 453 g/mol. The van der Waals surface area contributed by atoms with E-state index in [9.17, 15) is 4.79 Å². The number of piperazine rings is 1. The molecule has 6 heteroatoms. The van der Waals surface area contributed by atoms with Gasteiger partial charge in [0, 0.05) is 49.7 Å². The van der Waals surface area contributed by atoms with Gasteiger partial charge in [0.25, 0.3) is 0 Å². The molecule has 4 nitrogen and oxygen atoms in total. The summed E-state index contributed by atoms with van der Waals surface area (Å²) in [7, 11) is 0. The largest absolute Gasteiger partial charge is 0.340 e. The maximum absolute atomic E-state index is 11.7. The summed E-state index contributed by atoms with van der Waals surface area (Å²) in [5.41, 5.74) is 5.21. The first kappa shape index (κ1) is 20.6. The van der Waals surface area contributed by atoms with E-state index in [4.69, 9.17) is 16.6 Å². The molecule has 0 saturated carbocycles. The zero-order valence-electron chi connectivity index (χ0n) is 16.0. The van der Waals surface area contributed by atoms with Crippen LogP contribution in [0.25, 0.3) is 0 Å². The molecule has 1 unspecified atom stereocenters. The number of fused-ring (bicyclic) bond motifs is 1. The molecule has 0 radical (unpaired) electrons. The Hall–Kier alpha value is -1.17. The molecular weight excluding hydrogens is 426 g/mol. The van der Waals surface area contributed by atoms with Crippen LogP contribution in [0.15, 0.2) is 34.5 Å². The SMILES string of the molecule is CCC1=C(N=CCBr)C(N2CCN(C(C)=O)CC2)c2ccc(Cl)cc2CC1.